The Balaban J connectivity index is 1.06. The van der Waals surface area contributed by atoms with E-state index in [-0.39, 0.29) is 18.2 Å². The molecule has 9 nitrogen and oxygen atoms in total. The van der Waals surface area contributed by atoms with Crippen LogP contribution in [0.25, 0.3) is 21.9 Å². The summed E-state index contributed by atoms with van der Waals surface area (Å²) in [5, 5.41) is 5.68. The Morgan fingerprint density at radius 3 is 2.67 bits per heavy atom. The summed E-state index contributed by atoms with van der Waals surface area (Å²) in [4.78, 5) is 18.0. The molecule has 10 heteroatoms. The van der Waals surface area contributed by atoms with Crippen LogP contribution in [-0.4, -0.2) is 49.6 Å². The third kappa shape index (κ3) is 5.17. The monoisotopic (exact) mass is 584 g/mol. The fourth-order valence-electron chi connectivity index (χ4n) is 6.41. The average Bonchev–Trinajstić information content (AvgIpc) is 3.66. The van der Waals surface area contributed by atoms with E-state index in [0.29, 0.717) is 23.6 Å². The van der Waals surface area contributed by atoms with Gasteiger partial charge in [-0.2, -0.15) is 0 Å². The molecule has 2 aromatic carbocycles. The van der Waals surface area contributed by atoms with Crippen LogP contribution in [0.15, 0.2) is 67.3 Å². The van der Waals surface area contributed by atoms with E-state index in [0.717, 1.165) is 52.5 Å². The highest BCUT2D eigenvalue weighted by Crippen LogP contribution is 2.49. The van der Waals surface area contributed by atoms with E-state index in [2.05, 4.69) is 43.0 Å². The third-order valence-corrected chi connectivity index (χ3v) is 8.73. The van der Waals surface area contributed by atoms with Crippen molar-refractivity contribution >= 4 is 39.5 Å². The van der Waals surface area contributed by atoms with Gasteiger partial charge < -0.3 is 24.1 Å². The number of fused-ring (bicyclic) bond motifs is 3. The molecule has 1 saturated carbocycles. The molecule has 0 unspecified atom stereocenters. The molecule has 0 spiro atoms. The quantitative estimate of drug-likeness (QED) is 0.210. The first-order chi connectivity index (χ1) is 20.4. The lowest BCUT2D eigenvalue weighted by molar-refractivity contribution is -0.160. The number of methoxy groups -OCH3 is 1. The van der Waals surface area contributed by atoms with E-state index < -0.39 is 5.79 Å². The smallest absolute Gasteiger partial charge is 0.223 e. The van der Waals surface area contributed by atoms with Gasteiger partial charge in [0, 0.05) is 24.3 Å². The molecule has 1 aliphatic heterocycles. The van der Waals surface area contributed by atoms with Crippen LogP contribution < -0.4 is 10.1 Å². The molecule has 0 bridgehead atoms. The maximum atomic E-state index is 6.47. The van der Waals surface area contributed by atoms with E-state index in [1.54, 1.807) is 7.11 Å². The van der Waals surface area contributed by atoms with Crippen molar-refractivity contribution in [3.63, 3.8) is 0 Å². The first-order valence-electron chi connectivity index (χ1n) is 14.3. The van der Waals surface area contributed by atoms with E-state index in [1.165, 1.54) is 11.9 Å². The van der Waals surface area contributed by atoms with Crippen molar-refractivity contribution in [1.82, 2.24) is 24.5 Å². The van der Waals surface area contributed by atoms with Crippen molar-refractivity contribution in [3.8, 4) is 5.75 Å². The summed E-state index contributed by atoms with van der Waals surface area (Å²) in [6, 6.07) is 16.5. The molecule has 0 amide bonds. The Kier molecular flexibility index (Phi) is 6.96. The second-order valence-corrected chi connectivity index (χ2v) is 11.9. The van der Waals surface area contributed by atoms with Gasteiger partial charge in [-0.15, -0.1) is 0 Å². The summed E-state index contributed by atoms with van der Waals surface area (Å²) >= 11 is 6.35. The van der Waals surface area contributed by atoms with Gasteiger partial charge >= 0.3 is 0 Å². The molecule has 7 rings (SSSR count). The summed E-state index contributed by atoms with van der Waals surface area (Å²) in [7, 11) is 1.67. The molecular weight excluding hydrogens is 552 g/mol. The van der Waals surface area contributed by atoms with Crippen molar-refractivity contribution < 1.29 is 14.2 Å². The fourth-order valence-corrected chi connectivity index (χ4v) is 6.60. The molecule has 4 heterocycles. The highest BCUT2D eigenvalue weighted by molar-refractivity contribution is 6.33. The molecule has 0 radical (unpaired) electrons. The number of nitrogens with one attached hydrogen (secondary N) is 1. The predicted molar refractivity (Wildman–Crippen MR) is 162 cm³/mol. The van der Waals surface area contributed by atoms with Gasteiger partial charge in [0.25, 0.3) is 0 Å². The summed E-state index contributed by atoms with van der Waals surface area (Å²) in [5.41, 5.74) is 4.13. The Hall–Kier alpha value is -3.79. The lowest BCUT2D eigenvalue weighted by Gasteiger charge is -2.24. The SMILES string of the molecule is COc1ccc(CNc2ncc3ccc(CC[C@H]4C[C@@H](n5ccc6c(Cl)ncnc65)[C@@H]5OC(C)(C)O[C@H]45)cc3n2)cc1. The highest BCUT2D eigenvalue weighted by Gasteiger charge is 2.54. The van der Waals surface area contributed by atoms with Crippen LogP contribution in [0.4, 0.5) is 5.95 Å². The number of hydrogen-bond acceptors (Lipinski definition) is 8. The standard InChI is InChI=1S/C32H33ClN6O3/c1-32(2)41-27-21(15-26(28(27)42-32)39-13-12-24-29(33)36-18-37-30(24)39)8-4-19-5-9-22-17-35-31(38-25(22)14-19)34-16-20-6-10-23(40-3)11-7-20/h5-7,9-14,17-18,21,26-28H,4,8,15-16H2,1-3H3,(H,34,35,38)/t21-,26+,27+,28-/m0/s1. The molecular formula is C32H33ClN6O3. The molecule has 4 atom stereocenters. The second kappa shape index (κ2) is 10.8. The number of nitrogens with zero attached hydrogens (tertiary/aromatic N) is 5. The summed E-state index contributed by atoms with van der Waals surface area (Å²) in [5.74, 6) is 1.15. The lowest BCUT2D eigenvalue weighted by atomic mass is 9.95. The van der Waals surface area contributed by atoms with Gasteiger partial charge in [0.15, 0.2) is 5.79 Å². The average molecular weight is 585 g/mol. The van der Waals surface area contributed by atoms with Crippen molar-refractivity contribution in [1.29, 1.82) is 0 Å². The van der Waals surface area contributed by atoms with Crippen LogP contribution in [0.5, 0.6) is 5.75 Å². The minimum atomic E-state index is -0.628. The zero-order valence-corrected chi connectivity index (χ0v) is 24.6. The van der Waals surface area contributed by atoms with Gasteiger partial charge in [-0.1, -0.05) is 35.9 Å². The maximum Gasteiger partial charge on any atom is 0.223 e. The number of aromatic nitrogens is 5. The van der Waals surface area contributed by atoms with Crippen LogP contribution in [0.2, 0.25) is 5.15 Å². The number of ether oxygens (including phenoxy) is 3. The van der Waals surface area contributed by atoms with Crippen molar-refractivity contribution in [3.05, 3.63) is 83.5 Å². The summed E-state index contributed by atoms with van der Waals surface area (Å²) in [6.07, 6.45) is 8.22. The number of rotatable bonds is 8. The van der Waals surface area contributed by atoms with E-state index in [1.807, 2.05) is 56.6 Å². The predicted octanol–water partition coefficient (Wildman–Crippen LogP) is 6.36. The van der Waals surface area contributed by atoms with Gasteiger partial charge in [-0.3, -0.25) is 0 Å². The zero-order valence-electron chi connectivity index (χ0n) is 23.8. The Morgan fingerprint density at radius 1 is 1.02 bits per heavy atom. The Labute approximate surface area is 249 Å². The topological polar surface area (TPSA) is 96.2 Å². The van der Waals surface area contributed by atoms with E-state index in [9.17, 15) is 0 Å². The van der Waals surface area contributed by atoms with Crippen molar-refractivity contribution in [2.75, 3.05) is 12.4 Å². The fraction of sp³-hybridized carbons (Fsp3) is 0.375. The van der Waals surface area contributed by atoms with Crippen LogP contribution in [0.3, 0.4) is 0 Å². The lowest BCUT2D eigenvalue weighted by Crippen LogP contribution is -2.27. The molecule has 2 fully saturated rings. The third-order valence-electron chi connectivity index (χ3n) is 8.43. The number of benzene rings is 2. The molecule has 1 aliphatic carbocycles. The van der Waals surface area contributed by atoms with Crippen molar-refractivity contribution in [2.45, 2.75) is 63.7 Å². The molecule has 2 aliphatic rings. The van der Waals surface area contributed by atoms with Gasteiger partial charge in [-0.05, 0) is 74.4 Å². The zero-order chi connectivity index (χ0) is 28.8. The maximum absolute atomic E-state index is 6.47. The van der Waals surface area contributed by atoms with Crippen LogP contribution in [0.1, 0.15) is 43.9 Å². The molecule has 42 heavy (non-hydrogen) atoms. The van der Waals surface area contributed by atoms with Gasteiger partial charge in [0.1, 0.15) is 29.0 Å². The largest absolute Gasteiger partial charge is 0.497 e. The Morgan fingerprint density at radius 2 is 1.83 bits per heavy atom. The van der Waals surface area contributed by atoms with Gasteiger partial charge in [0.05, 0.1) is 30.2 Å². The molecule has 5 aromatic rings. The van der Waals surface area contributed by atoms with Gasteiger partial charge in [0.2, 0.25) is 5.95 Å². The molecule has 1 saturated heterocycles. The molecule has 3 aromatic heterocycles. The minimum Gasteiger partial charge on any atom is -0.497 e. The van der Waals surface area contributed by atoms with Crippen LogP contribution in [0, 0.1) is 5.92 Å². The number of anilines is 1. The van der Waals surface area contributed by atoms with Gasteiger partial charge in [-0.25, -0.2) is 19.9 Å². The summed E-state index contributed by atoms with van der Waals surface area (Å²) in [6.45, 7) is 4.62. The second-order valence-electron chi connectivity index (χ2n) is 11.6. The first kappa shape index (κ1) is 27.1. The number of aryl methyl sites for hydroxylation is 1. The first-order valence-corrected chi connectivity index (χ1v) is 14.7. The summed E-state index contributed by atoms with van der Waals surface area (Å²) < 4.78 is 20.4. The minimum absolute atomic E-state index is 0.0105. The van der Waals surface area contributed by atoms with E-state index in [4.69, 9.17) is 30.8 Å². The number of hydrogen-bond donors (Lipinski definition) is 1. The van der Waals surface area contributed by atoms with Crippen molar-refractivity contribution in [2.24, 2.45) is 5.92 Å². The van der Waals surface area contributed by atoms with Crippen LogP contribution >= 0.6 is 11.6 Å². The molecule has 1 N–H and O–H groups in total. The van der Waals surface area contributed by atoms with Crippen LogP contribution in [-0.2, 0) is 22.4 Å². The highest BCUT2D eigenvalue weighted by atomic mass is 35.5. The van der Waals surface area contributed by atoms with E-state index >= 15 is 0 Å². The number of halogens is 1. The molecule has 216 valence electrons. The normalized spacial score (nSPS) is 23.0. The Bertz CT molecular complexity index is 1740.